The molecule has 0 saturated heterocycles. The first-order chi connectivity index (χ1) is 9.02. The molecule has 4 N–H and O–H groups in total. The Hall–Kier alpha value is -0.0100. The Labute approximate surface area is 114 Å². The molecule has 116 valence electrons. The molecule has 19 heavy (non-hydrogen) atoms. The van der Waals surface area contributed by atoms with Crippen LogP contribution in [0.25, 0.3) is 0 Å². The van der Waals surface area contributed by atoms with Gasteiger partial charge >= 0.3 is 7.82 Å². The molecule has 7 nitrogen and oxygen atoms in total. The molecule has 0 aliphatic rings. The molecule has 0 aliphatic heterocycles. The van der Waals surface area contributed by atoms with E-state index in [0.29, 0.717) is 6.61 Å². The Morgan fingerprint density at radius 2 is 1.89 bits per heavy atom. The summed E-state index contributed by atoms with van der Waals surface area (Å²) in [4.78, 5) is 9.17. The fourth-order valence-electron chi connectivity index (χ4n) is 1.28. The van der Waals surface area contributed by atoms with Crippen LogP contribution in [-0.4, -0.2) is 49.1 Å². The molecule has 0 aliphatic carbocycles. The lowest BCUT2D eigenvalue weighted by Gasteiger charge is -2.15. The molecule has 2 atom stereocenters. The van der Waals surface area contributed by atoms with Crippen LogP contribution in [0.1, 0.15) is 32.6 Å². The number of nitrogens with two attached hydrogens (primary N) is 1. The Kier molecular flexibility index (Phi) is 11.8. The van der Waals surface area contributed by atoms with Crippen LogP contribution in [0.3, 0.4) is 0 Å². The normalized spacial score (nSPS) is 16.2. The zero-order chi connectivity index (χ0) is 14.6. The van der Waals surface area contributed by atoms with Crippen LogP contribution < -0.4 is 5.73 Å². The molecule has 0 amide bonds. The van der Waals surface area contributed by atoms with Gasteiger partial charge in [0.25, 0.3) is 0 Å². The van der Waals surface area contributed by atoms with E-state index in [1.807, 2.05) is 0 Å². The summed E-state index contributed by atoms with van der Waals surface area (Å²) in [6.45, 7) is 2.50. The van der Waals surface area contributed by atoms with Gasteiger partial charge in [-0.25, -0.2) is 4.57 Å². The number of unbranched alkanes of at least 4 members (excludes halogenated alkanes) is 3. The van der Waals surface area contributed by atoms with Crippen LogP contribution in [0, 0.1) is 0 Å². The Balaban J connectivity index is 3.52. The number of ether oxygens (including phenoxy) is 1. The van der Waals surface area contributed by atoms with Gasteiger partial charge in [0.1, 0.15) is 6.10 Å². The maximum atomic E-state index is 11.2. The molecule has 0 radical (unpaired) electrons. The highest BCUT2D eigenvalue weighted by Crippen LogP contribution is 2.42. The monoisotopic (exact) mass is 299 g/mol. The molecule has 2 unspecified atom stereocenters. The van der Waals surface area contributed by atoms with Gasteiger partial charge in [-0.15, -0.1) is 0 Å². The lowest BCUT2D eigenvalue weighted by Crippen LogP contribution is -2.22. The van der Waals surface area contributed by atoms with Crippen molar-refractivity contribution in [2.24, 2.45) is 5.73 Å². The second-order valence-electron chi connectivity index (χ2n) is 4.18. The number of hydrogen-bond acceptors (Lipinski definition) is 6. The third-order valence-corrected chi connectivity index (χ3v) is 3.24. The minimum absolute atomic E-state index is 0.0716. The van der Waals surface area contributed by atoms with Crippen LogP contribution >= 0.6 is 7.82 Å². The Morgan fingerprint density at radius 3 is 2.53 bits per heavy atom. The summed E-state index contributed by atoms with van der Waals surface area (Å²) < 4.78 is 25.6. The second kappa shape index (κ2) is 11.8. The van der Waals surface area contributed by atoms with E-state index in [0.717, 1.165) is 19.3 Å². The number of hydrogen-bond donors (Lipinski definition) is 3. The molecule has 0 fully saturated rings. The number of aliphatic hydroxyl groups excluding tert-OH is 1. The third-order valence-electron chi connectivity index (χ3n) is 2.25. The van der Waals surface area contributed by atoms with E-state index in [9.17, 15) is 9.67 Å². The smallest absolute Gasteiger partial charge is 0.388 e. The van der Waals surface area contributed by atoms with Gasteiger partial charge in [0, 0.05) is 13.2 Å². The van der Waals surface area contributed by atoms with Crippen molar-refractivity contribution < 1.29 is 28.3 Å². The van der Waals surface area contributed by atoms with E-state index >= 15 is 0 Å². The summed E-state index contributed by atoms with van der Waals surface area (Å²) in [7, 11) is -4.11. The topological polar surface area (TPSA) is 111 Å². The molecule has 0 heterocycles. The highest BCUT2D eigenvalue weighted by molar-refractivity contribution is 7.47. The average molecular weight is 299 g/mol. The van der Waals surface area contributed by atoms with Crippen molar-refractivity contribution in [2.45, 2.75) is 38.7 Å². The van der Waals surface area contributed by atoms with Gasteiger partial charge in [0.2, 0.25) is 0 Å². The number of rotatable bonds is 13. The SMILES string of the molecule is CCCCCCOCC(O)COP(=O)(O)OCCN. The van der Waals surface area contributed by atoms with Crippen LogP contribution in [0.2, 0.25) is 0 Å². The molecular formula is C11H26NO6P. The van der Waals surface area contributed by atoms with Crippen LogP contribution in [0.4, 0.5) is 0 Å². The van der Waals surface area contributed by atoms with Crippen molar-refractivity contribution in [3.05, 3.63) is 0 Å². The average Bonchev–Trinajstić information content (AvgIpc) is 2.38. The molecule has 0 saturated carbocycles. The highest BCUT2D eigenvalue weighted by atomic mass is 31.2. The first kappa shape index (κ1) is 19.0. The summed E-state index contributed by atoms with van der Waals surface area (Å²) >= 11 is 0. The van der Waals surface area contributed by atoms with E-state index < -0.39 is 13.9 Å². The predicted molar refractivity (Wildman–Crippen MR) is 71.8 cm³/mol. The van der Waals surface area contributed by atoms with E-state index in [-0.39, 0.29) is 26.4 Å². The minimum atomic E-state index is -4.11. The quantitative estimate of drug-likeness (QED) is 0.344. The second-order valence-corrected chi connectivity index (χ2v) is 5.63. The van der Waals surface area contributed by atoms with Gasteiger partial charge in [0.05, 0.1) is 19.8 Å². The molecule has 0 bridgehead atoms. The van der Waals surface area contributed by atoms with Crippen LogP contribution in [0.5, 0.6) is 0 Å². The molecule has 0 aromatic heterocycles. The van der Waals surface area contributed by atoms with Crippen molar-refractivity contribution in [3.63, 3.8) is 0 Å². The number of phosphoric acid groups is 1. The minimum Gasteiger partial charge on any atom is -0.388 e. The van der Waals surface area contributed by atoms with Crippen molar-refractivity contribution in [1.82, 2.24) is 0 Å². The van der Waals surface area contributed by atoms with E-state index in [2.05, 4.69) is 16.0 Å². The van der Waals surface area contributed by atoms with Gasteiger partial charge in [-0.3, -0.25) is 9.05 Å². The summed E-state index contributed by atoms with van der Waals surface area (Å²) in [5.41, 5.74) is 5.13. The fraction of sp³-hybridized carbons (Fsp3) is 1.00. The summed E-state index contributed by atoms with van der Waals surface area (Å²) in [5, 5.41) is 9.48. The number of phosphoric ester groups is 1. The zero-order valence-corrected chi connectivity index (χ0v) is 12.4. The summed E-state index contributed by atoms with van der Waals surface area (Å²) in [6.07, 6.45) is 3.42. The highest BCUT2D eigenvalue weighted by Gasteiger charge is 2.22. The van der Waals surface area contributed by atoms with Gasteiger partial charge < -0.3 is 20.5 Å². The maximum Gasteiger partial charge on any atom is 0.472 e. The largest absolute Gasteiger partial charge is 0.472 e. The van der Waals surface area contributed by atoms with E-state index in [1.54, 1.807) is 0 Å². The van der Waals surface area contributed by atoms with Crippen molar-refractivity contribution in [1.29, 1.82) is 0 Å². The first-order valence-electron chi connectivity index (χ1n) is 6.59. The number of aliphatic hydroxyl groups is 1. The molecule has 0 spiro atoms. The zero-order valence-electron chi connectivity index (χ0n) is 11.5. The molecule has 0 rings (SSSR count). The van der Waals surface area contributed by atoms with Gasteiger partial charge in [0.15, 0.2) is 0 Å². The lowest BCUT2D eigenvalue weighted by atomic mass is 10.2. The lowest BCUT2D eigenvalue weighted by molar-refractivity contribution is 0.00232. The van der Waals surface area contributed by atoms with E-state index in [1.165, 1.54) is 6.42 Å². The van der Waals surface area contributed by atoms with Crippen LogP contribution in [0.15, 0.2) is 0 Å². The van der Waals surface area contributed by atoms with Crippen molar-refractivity contribution in [3.8, 4) is 0 Å². The molecular weight excluding hydrogens is 273 g/mol. The Bertz CT molecular complexity index is 253. The summed E-state index contributed by atoms with van der Waals surface area (Å²) in [6, 6.07) is 0. The Morgan fingerprint density at radius 1 is 1.16 bits per heavy atom. The van der Waals surface area contributed by atoms with Gasteiger partial charge in [-0.05, 0) is 6.42 Å². The predicted octanol–water partition coefficient (Wildman–Crippen LogP) is 1.04. The standard InChI is InChI=1S/C11H26NO6P/c1-2-3-4-5-7-16-9-11(13)10-18-19(14,15)17-8-6-12/h11,13H,2-10,12H2,1H3,(H,14,15). The van der Waals surface area contributed by atoms with E-state index in [4.69, 9.17) is 15.4 Å². The maximum absolute atomic E-state index is 11.2. The first-order valence-corrected chi connectivity index (χ1v) is 8.09. The van der Waals surface area contributed by atoms with Crippen LogP contribution in [-0.2, 0) is 18.3 Å². The molecule has 0 aromatic carbocycles. The molecule has 8 heteroatoms. The molecule has 0 aromatic rings. The van der Waals surface area contributed by atoms with Crippen molar-refractivity contribution >= 4 is 7.82 Å². The summed E-state index contributed by atoms with van der Waals surface area (Å²) in [5.74, 6) is 0. The van der Waals surface area contributed by atoms with Gasteiger partial charge in [-0.2, -0.15) is 0 Å². The third kappa shape index (κ3) is 12.8. The van der Waals surface area contributed by atoms with Gasteiger partial charge in [-0.1, -0.05) is 26.2 Å². The fourth-order valence-corrected chi connectivity index (χ4v) is 2.06. The van der Waals surface area contributed by atoms with Crippen molar-refractivity contribution in [2.75, 3.05) is 33.0 Å².